The Kier molecular flexibility index (Phi) is 4.73. The van der Waals surface area contributed by atoms with Crippen molar-refractivity contribution in [2.75, 3.05) is 7.11 Å². The minimum atomic E-state index is -0.114. The molecule has 3 rings (SSSR count). The van der Waals surface area contributed by atoms with Gasteiger partial charge in [0.25, 0.3) is 0 Å². The van der Waals surface area contributed by atoms with E-state index in [9.17, 15) is 4.79 Å². The molecule has 1 heterocycles. The van der Waals surface area contributed by atoms with E-state index >= 15 is 0 Å². The van der Waals surface area contributed by atoms with Crippen LogP contribution in [0.1, 0.15) is 38.0 Å². The SMILES string of the molecule is COC(=O)[C@@H]1CCCCC[C@H]1NCc1nc2ccccc2o1. The van der Waals surface area contributed by atoms with Crippen molar-refractivity contribution >= 4 is 17.1 Å². The first kappa shape index (κ1) is 15.0. The average Bonchev–Trinajstić information content (AvgIpc) is 2.82. The molecule has 1 aromatic heterocycles. The minimum Gasteiger partial charge on any atom is -0.469 e. The Morgan fingerprint density at radius 3 is 2.95 bits per heavy atom. The van der Waals surface area contributed by atoms with Crippen LogP contribution in [0.25, 0.3) is 11.1 Å². The van der Waals surface area contributed by atoms with Gasteiger partial charge in [-0.15, -0.1) is 0 Å². The largest absolute Gasteiger partial charge is 0.469 e. The number of rotatable bonds is 4. The van der Waals surface area contributed by atoms with Crippen molar-refractivity contribution in [2.24, 2.45) is 5.92 Å². The average molecular weight is 302 g/mol. The van der Waals surface area contributed by atoms with Gasteiger partial charge < -0.3 is 14.5 Å². The number of ether oxygens (including phenoxy) is 1. The molecule has 1 aliphatic carbocycles. The Morgan fingerprint density at radius 1 is 1.32 bits per heavy atom. The third kappa shape index (κ3) is 3.30. The lowest BCUT2D eigenvalue weighted by atomic mass is 9.95. The third-order valence-electron chi connectivity index (χ3n) is 4.37. The molecule has 2 atom stereocenters. The van der Waals surface area contributed by atoms with E-state index in [0.717, 1.165) is 36.8 Å². The number of benzene rings is 1. The zero-order valence-corrected chi connectivity index (χ0v) is 12.9. The molecular formula is C17H22N2O3. The predicted octanol–water partition coefficient (Wildman–Crippen LogP) is 3.04. The van der Waals surface area contributed by atoms with Gasteiger partial charge in [-0.1, -0.05) is 31.4 Å². The molecule has 0 spiro atoms. The van der Waals surface area contributed by atoms with E-state index in [2.05, 4.69) is 10.3 Å². The number of nitrogens with one attached hydrogen (secondary N) is 1. The fraction of sp³-hybridized carbons (Fsp3) is 0.529. The zero-order valence-electron chi connectivity index (χ0n) is 12.9. The van der Waals surface area contributed by atoms with Gasteiger partial charge in [0, 0.05) is 6.04 Å². The zero-order chi connectivity index (χ0) is 15.4. The first-order valence-corrected chi connectivity index (χ1v) is 7.93. The van der Waals surface area contributed by atoms with E-state index in [1.165, 1.54) is 13.5 Å². The quantitative estimate of drug-likeness (QED) is 0.694. The highest BCUT2D eigenvalue weighted by atomic mass is 16.5. The number of carbonyl (C=O) groups is 1. The number of aromatic nitrogens is 1. The summed E-state index contributed by atoms with van der Waals surface area (Å²) in [4.78, 5) is 16.4. The number of hydrogen-bond acceptors (Lipinski definition) is 5. The first-order valence-electron chi connectivity index (χ1n) is 7.93. The number of hydrogen-bond donors (Lipinski definition) is 1. The van der Waals surface area contributed by atoms with Crippen molar-refractivity contribution in [3.63, 3.8) is 0 Å². The van der Waals surface area contributed by atoms with Gasteiger partial charge in [0.1, 0.15) is 5.52 Å². The standard InChI is InChI=1S/C17H22N2O3/c1-21-17(20)12-7-3-2-4-8-13(12)18-11-16-19-14-9-5-6-10-15(14)22-16/h5-6,9-10,12-13,18H,2-4,7-8,11H2,1H3/t12-,13-/m1/s1. The Labute approximate surface area is 130 Å². The van der Waals surface area contributed by atoms with E-state index in [1.54, 1.807) is 0 Å². The fourth-order valence-electron chi connectivity index (χ4n) is 3.20. The van der Waals surface area contributed by atoms with Crippen LogP contribution in [0.5, 0.6) is 0 Å². The fourth-order valence-corrected chi connectivity index (χ4v) is 3.20. The Bertz CT molecular complexity index is 605. The van der Waals surface area contributed by atoms with Crippen LogP contribution >= 0.6 is 0 Å². The first-order chi connectivity index (χ1) is 10.8. The van der Waals surface area contributed by atoms with Crippen LogP contribution in [-0.2, 0) is 16.1 Å². The second kappa shape index (κ2) is 6.92. The number of carbonyl (C=O) groups excluding carboxylic acids is 1. The van der Waals surface area contributed by atoms with Crippen LogP contribution in [0, 0.1) is 5.92 Å². The second-order valence-corrected chi connectivity index (χ2v) is 5.83. The highest BCUT2D eigenvalue weighted by molar-refractivity contribution is 5.73. The summed E-state index contributed by atoms with van der Waals surface area (Å²) < 4.78 is 10.7. The molecular weight excluding hydrogens is 280 g/mol. The van der Waals surface area contributed by atoms with Gasteiger partial charge in [-0.3, -0.25) is 4.79 Å². The maximum atomic E-state index is 12.0. The van der Waals surface area contributed by atoms with Crippen LogP contribution < -0.4 is 5.32 Å². The van der Waals surface area contributed by atoms with E-state index in [-0.39, 0.29) is 17.9 Å². The molecule has 0 radical (unpaired) electrons. The summed E-state index contributed by atoms with van der Waals surface area (Å²) in [5.74, 6) is 0.475. The lowest BCUT2D eigenvalue weighted by Crippen LogP contribution is -2.39. The van der Waals surface area contributed by atoms with Crippen LogP contribution in [0.4, 0.5) is 0 Å². The van der Waals surface area contributed by atoms with Crippen molar-refractivity contribution in [3.05, 3.63) is 30.2 Å². The van der Waals surface area contributed by atoms with Crippen molar-refractivity contribution in [1.29, 1.82) is 0 Å². The molecule has 1 saturated carbocycles. The number of fused-ring (bicyclic) bond motifs is 1. The van der Waals surface area contributed by atoms with E-state index in [4.69, 9.17) is 9.15 Å². The highest BCUT2D eigenvalue weighted by Crippen LogP contribution is 2.25. The van der Waals surface area contributed by atoms with Gasteiger partial charge in [0.15, 0.2) is 5.58 Å². The summed E-state index contributed by atoms with van der Waals surface area (Å²) in [7, 11) is 1.46. The van der Waals surface area contributed by atoms with Crippen molar-refractivity contribution in [3.8, 4) is 0 Å². The topological polar surface area (TPSA) is 64.4 Å². The summed E-state index contributed by atoms with van der Waals surface area (Å²) in [5.41, 5.74) is 1.66. The summed E-state index contributed by atoms with van der Waals surface area (Å²) in [6, 6.07) is 7.86. The Morgan fingerprint density at radius 2 is 2.14 bits per heavy atom. The maximum absolute atomic E-state index is 12.0. The number of para-hydroxylation sites is 2. The second-order valence-electron chi connectivity index (χ2n) is 5.83. The molecule has 5 heteroatoms. The summed E-state index contributed by atoms with van der Waals surface area (Å²) in [5, 5.41) is 3.45. The van der Waals surface area contributed by atoms with Crippen LogP contribution in [0.3, 0.4) is 0 Å². The van der Waals surface area contributed by atoms with E-state index in [1.807, 2.05) is 24.3 Å². The van der Waals surface area contributed by atoms with E-state index < -0.39 is 0 Å². The molecule has 1 N–H and O–H groups in total. The van der Waals surface area contributed by atoms with Crippen LogP contribution in [0.15, 0.2) is 28.7 Å². The Balaban J connectivity index is 1.68. The molecule has 0 aliphatic heterocycles. The van der Waals surface area contributed by atoms with Gasteiger partial charge in [-0.05, 0) is 25.0 Å². The van der Waals surface area contributed by atoms with E-state index in [0.29, 0.717) is 12.4 Å². The molecule has 2 aromatic rings. The molecule has 22 heavy (non-hydrogen) atoms. The molecule has 0 saturated heterocycles. The maximum Gasteiger partial charge on any atom is 0.310 e. The molecule has 0 unspecified atom stereocenters. The van der Waals surface area contributed by atoms with Crippen molar-refractivity contribution in [2.45, 2.75) is 44.7 Å². The van der Waals surface area contributed by atoms with Gasteiger partial charge in [0.2, 0.25) is 5.89 Å². The summed E-state index contributed by atoms with van der Waals surface area (Å²) in [6.07, 6.45) is 5.27. The normalized spacial score (nSPS) is 22.4. The minimum absolute atomic E-state index is 0.0723. The van der Waals surface area contributed by atoms with Gasteiger partial charge in [-0.2, -0.15) is 0 Å². The number of nitrogens with zero attached hydrogens (tertiary/aromatic N) is 1. The highest BCUT2D eigenvalue weighted by Gasteiger charge is 2.30. The monoisotopic (exact) mass is 302 g/mol. The predicted molar refractivity (Wildman–Crippen MR) is 83.2 cm³/mol. The number of methoxy groups -OCH3 is 1. The van der Waals surface area contributed by atoms with Crippen LogP contribution in [-0.4, -0.2) is 24.1 Å². The summed E-state index contributed by atoms with van der Waals surface area (Å²) >= 11 is 0. The molecule has 118 valence electrons. The lowest BCUT2D eigenvalue weighted by molar-refractivity contribution is -0.146. The molecule has 0 bridgehead atoms. The van der Waals surface area contributed by atoms with Crippen LogP contribution in [0.2, 0.25) is 0 Å². The molecule has 1 aliphatic rings. The lowest BCUT2D eigenvalue weighted by Gasteiger charge is -2.23. The molecule has 0 amide bonds. The smallest absolute Gasteiger partial charge is 0.310 e. The molecule has 1 aromatic carbocycles. The molecule has 5 nitrogen and oxygen atoms in total. The van der Waals surface area contributed by atoms with Crippen molar-refractivity contribution < 1.29 is 13.9 Å². The molecule has 1 fully saturated rings. The van der Waals surface area contributed by atoms with Gasteiger partial charge in [-0.25, -0.2) is 4.98 Å². The Hall–Kier alpha value is -1.88. The van der Waals surface area contributed by atoms with Crippen molar-refractivity contribution in [1.82, 2.24) is 10.3 Å². The summed E-state index contributed by atoms with van der Waals surface area (Å²) in [6.45, 7) is 0.535. The van der Waals surface area contributed by atoms with Gasteiger partial charge in [0.05, 0.1) is 19.6 Å². The van der Waals surface area contributed by atoms with Gasteiger partial charge >= 0.3 is 5.97 Å². The third-order valence-corrected chi connectivity index (χ3v) is 4.37. The number of oxazole rings is 1. The number of esters is 1.